The number of para-hydroxylation sites is 1. The van der Waals surface area contributed by atoms with Crippen LogP contribution in [0.1, 0.15) is 18.9 Å². The number of aryl methyl sites for hydroxylation is 1. The monoisotopic (exact) mass is 321 g/mol. The predicted molar refractivity (Wildman–Crippen MR) is 86.0 cm³/mol. The summed E-state index contributed by atoms with van der Waals surface area (Å²) in [7, 11) is 0. The number of carbonyl (C=O) groups is 1. The van der Waals surface area contributed by atoms with Crippen LogP contribution in [0.3, 0.4) is 0 Å². The van der Waals surface area contributed by atoms with E-state index in [-0.39, 0.29) is 18.0 Å². The minimum atomic E-state index is -0.507. The highest BCUT2D eigenvalue weighted by Crippen LogP contribution is 2.21. The van der Waals surface area contributed by atoms with Gasteiger partial charge in [0.1, 0.15) is 11.6 Å². The minimum Gasteiger partial charge on any atom is -0.494 e. The number of carbonyl (C=O) groups excluding carboxylic acids is 1. The molecule has 0 aliphatic rings. The summed E-state index contributed by atoms with van der Waals surface area (Å²) in [6.07, 6.45) is 0.750. The average molecular weight is 322 g/mol. The van der Waals surface area contributed by atoms with Crippen LogP contribution >= 0.6 is 11.6 Å². The molecule has 2 aromatic rings. The molecule has 0 atom stereocenters. The smallest absolute Gasteiger partial charge is 0.224 e. The number of nitrogens with one attached hydrogen (secondary N) is 1. The quantitative estimate of drug-likeness (QED) is 0.853. The van der Waals surface area contributed by atoms with Crippen molar-refractivity contribution < 1.29 is 13.9 Å². The molecule has 1 amide bonds. The van der Waals surface area contributed by atoms with Gasteiger partial charge in [0.15, 0.2) is 0 Å². The minimum absolute atomic E-state index is 0.0931. The maximum absolute atomic E-state index is 13.6. The Kier molecular flexibility index (Phi) is 5.78. The van der Waals surface area contributed by atoms with Gasteiger partial charge in [0.2, 0.25) is 5.91 Å². The van der Waals surface area contributed by atoms with Crippen molar-refractivity contribution in [2.45, 2.75) is 19.8 Å². The highest BCUT2D eigenvalue weighted by Gasteiger charge is 2.10. The van der Waals surface area contributed by atoms with Crippen LogP contribution in [0, 0.1) is 5.82 Å². The van der Waals surface area contributed by atoms with E-state index in [0.717, 1.165) is 11.3 Å². The number of amides is 1. The standard InChI is InChI=1S/C17H17ClFNO2/c1-2-22-16-6-4-3-5-12(16)7-10-17(21)20-15-11-13(18)8-9-14(15)19/h3-6,8-9,11H,2,7,10H2,1H3,(H,20,21). The second-order valence-corrected chi connectivity index (χ2v) is 5.15. The third-order valence-corrected chi connectivity index (χ3v) is 3.33. The molecule has 0 unspecified atom stereocenters. The van der Waals surface area contributed by atoms with Gasteiger partial charge in [-0.15, -0.1) is 0 Å². The van der Waals surface area contributed by atoms with Crippen molar-refractivity contribution in [3.05, 3.63) is 58.9 Å². The first-order chi connectivity index (χ1) is 10.6. The Balaban J connectivity index is 1.97. The molecule has 0 fully saturated rings. The van der Waals surface area contributed by atoms with Gasteiger partial charge in [-0.25, -0.2) is 4.39 Å². The van der Waals surface area contributed by atoms with Crippen LogP contribution < -0.4 is 10.1 Å². The van der Waals surface area contributed by atoms with E-state index < -0.39 is 5.82 Å². The van der Waals surface area contributed by atoms with E-state index in [1.807, 2.05) is 31.2 Å². The van der Waals surface area contributed by atoms with Gasteiger partial charge in [-0.3, -0.25) is 4.79 Å². The molecule has 0 aliphatic heterocycles. The first-order valence-corrected chi connectivity index (χ1v) is 7.43. The molecule has 2 rings (SSSR count). The molecule has 5 heteroatoms. The van der Waals surface area contributed by atoms with Gasteiger partial charge in [-0.2, -0.15) is 0 Å². The molecule has 116 valence electrons. The number of halogens is 2. The molecule has 22 heavy (non-hydrogen) atoms. The molecule has 0 aliphatic carbocycles. The Hall–Kier alpha value is -2.07. The fraction of sp³-hybridized carbons (Fsp3) is 0.235. The van der Waals surface area contributed by atoms with Crippen LogP contribution in [-0.2, 0) is 11.2 Å². The van der Waals surface area contributed by atoms with E-state index in [1.165, 1.54) is 18.2 Å². The maximum atomic E-state index is 13.6. The summed E-state index contributed by atoms with van der Waals surface area (Å²) in [5, 5.41) is 2.91. The summed E-state index contributed by atoms with van der Waals surface area (Å²) in [5.74, 6) is -0.00771. The first-order valence-electron chi connectivity index (χ1n) is 7.05. The third-order valence-electron chi connectivity index (χ3n) is 3.10. The zero-order valence-electron chi connectivity index (χ0n) is 12.2. The molecule has 3 nitrogen and oxygen atoms in total. The van der Waals surface area contributed by atoms with Crippen molar-refractivity contribution >= 4 is 23.2 Å². The molecule has 1 N–H and O–H groups in total. The number of hydrogen-bond acceptors (Lipinski definition) is 2. The molecular formula is C17H17ClFNO2. The summed E-state index contributed by atoms with van der Waals surface area (Å²) in [5.41, 5.74) is 1.04. The molecule has 0 aromatic heterocycles. The zero-order chi connectivity index (χ0) is 15.9. The summed E-state index contributed by atoms with van der Waals surface area (Å²) in [4.78, 5) is 12.0. The van der Waals surface area contributed by atoms with Crippen molar-refractivity contribution in [2.75, 3.05) is 11.9 Å². The average Bonchev–Trinajstić information content (AvgIpc) is 2.50. The fourth-order valence-electron chi connectivity index (χ4n) is 2.06. The van der Waals surface area contributed by atoms with E-state index in [4.69, 9.17) is 16.3 Å². The molecular weight excluding hydrogens is 305 g/mol. The Morgan fingerprint density at radius 1 is 1.27 bits per heavy atom. The van der Waals surface area contributed by atoms with Gasteiger partial charge in [-0.05, 0) is 43.2 Å². The molecule has 0 heterocycles. The van der Waals surface area contributed by atoms with Crippen molar-refractivity contribution in [1.82, 2.24) is 0 Å². The summed E-state index contributed by atoms with van der Waals surface area (Å²) in [6.45, 7) is 2.47. The van der Waals surface area contributed by atoms with Crippen LogP contribution in [0.5, 0.6) is 5.75 Å². The number of ether oxygens (including phenoxy) is 1. The predicted octanol–water partition coefficient (Wildman–Crippen LogP) is 4.45. The first kappa shape index (κ1) is 16.3. The lowest BCUT2D eigenvalue weighted by Gasteiger charge is -2.10. The van der Waals surface area contributed by atoms with Crippen molar-refractivity contribution in [1.29, 1.82) is 0 Å². The number of benzene rings is 2. The van der Waals surface area contributed by atoms with E-state index in [9.17, 15) is 9.18 Å². The van der Waals surface area contributed by atoms with E-state index >= 15 is 0 Å². The molecule has 2 aromatic carbocycles. The normalized spacial score (nSPS) is 10.3. The van der Waals surface area contributed by atoms with E-state index in [2.05, 4.69) is 5.32 Å². The fourth-order valence-corrected chi connectivity index (χ4v) is 2.23. The van der Waals surface area contributed by atoms with Crippen molar-refractivity contribution in [3.63, 3.8) is 0 Å². The van der Waals surface area contributed by atoms with Gasteiger partial charge in [0.25, 0.3) is 0 Å². The Labute approximate surface area is 134 Å². The number of hydrogen-bond donors (Lipinski definition) is 1. The Bertz CT molecular complexity index is 661. The molecule has 0 bridgehead atoms. The van der Waals surface area contributed by atoms with Gasteiger partial charge >= 0.3 is 0 Å². The third kappa shape index (κ3) is 4.46. The summed E-state index contributed by atoms with van der Waals surface area (Å²) < 4.78 is 19.1. The van der Waals surface area contributed by atoms with Gasteiger partial charge in [0.05, 0.1) is 12.3 Å². The van der Waals surface area contributed by atoms with Crippen molar-refractivity contribution in [3.8, 4) is 5.75 Å². The van der Waals surface area contributed by atoms with Gasteiger partial charge in [0, 0.05) is 11.4 Å². The van der Waals surface area contributed by atoms with E-state index in [0.29, 0.717) is 18.1 Å². The van der Waals surface area contributed by atoms with Gasteiger partial charge < -0.3 is 10.1 Å². The SMILES string of the molecule is CCOc1ccccc1CCC(=O)Nc1cc(Cl)ccc1F. The van der Waals surface area contributed by atoms with Crippen LogP contribution in [0.15, 0.2) is 42.5 Å². The highest BCUT2D eigenvalue weighted by atomic mass is 35.5. The topological polar surface area (TPSA) is 38.3 Å². The van der Waals surface area contributed by atoms with Gasteiger partial charge in [-0.1, -0.05) is 29.8 Å². The maximum Gasteiger partial charge on any atom is 0.224 e. The number of anilines is 1. The lowest BCUT2D eigenvalue weighted by Crippen LogP contribution is -2.13. The van der Waals surface area contributed by atoms with Crippen LogP contribution in [0.4, 0.5) is 10.1 Å². The van der Waals surface area contributed by atoms with Crippen LogP contribution in [0.2, 0.25) is 5.02 Å². The Morgan fingerprint density at radius 2 is 2.05 bits per heavy atom. The van der Waals surface area contributed by atoms with Crippen LogP contribution in [0.25, 0.3) is 0 Å². The largest absolute Gasteiger partial charge is 0.494 e. The van der Waals surface area contributed by atoms with Crippen molar-refractivity contribution in [2.24, 2.45) is 0 Å². The highest BCUT2D eigenvalue weighted by molar-refractivity contribution is 6.30. The Morgan fingerprint density at radius 3 is 2.82 bits per heavy atom. The number of rotatable bonds is 6. The van der Waals surface area contributed by atoms with E-state index in [1.54, 1.807) is 0 Å². The lowest BCUT2D eigenvalue weighted by molar-refractivity contribution is -0.116. The molecule has 0 saturated heterocycles. The summed E-state index contributed by atoms with van der Waals surface area (Å²) >= 11 is 5.79. The second kappa shape index (κ2) is 7.80. The summed E-state index contributed by atoms with van der Waals surface area (Å²) in [6, 6.07) is 11.6. The zero-order valence-corrected chi connectivity index (χ0v) is 13.0. The molecule has 0 radical (unpaired) electrons. The second-order valence-electron chi connectivity index (χ2n) is 4.71. The molecule has 0 spiro atoms. The molecule has 0 saturated carbocycles. The lowest BCUT2D eigenvalue weighted by atomic mass is 10.1. The van der Waals surface area contributed by atoms with Crippen LogP contribution in [-0.4, -0.2) is 12.5 Å².